The van der Waals surface area contributed by atoms with Gasteiger partial charge in [-0.1, -0.05) is 5.16 Å². The van der Waals surface area contributed by atoms with Gasteiger partial charge in [0.2, 0.25) is 5.91 Å². The molecule has 7 heteroatoms. The van der Waals surface area contributed by atoms with Crippen LogP contribution < -0.4 is 5.32 Å². The van der Waals surface area contributed by atoms with E-state index in [1.165, 1.54) is 0 Å². The summed E-state index contributed by atoms with van der Waals surface area (Å²) < 4.78 is 5.05. The van der Waals surface area contributed by atoms with Crippen molar-refractivity contribution in [1.29, 1.82) is 0 Å². The first-order chi connectivity index (χ1) is 10.6. The molecule has 3 rings (SSSR count). The van der Waals surface area contributed by atoms with E-state index in [-0.39, 0.29) is 18.4 Å². The van der Waals surface area contributed by atoms with Crippen molar-refractivity contribution in [2.45, 2.75) is 32.7 Å². The van der Waals surface area contributed by atoms with E-state index in [1.807, 2.05) is 4.90 Å². The van der Waals surface area contributed by atoms with Crippen molar-refractivity contribution < 1.29 is 14.1 Å². The van der Waals surface area contributed by atoms with Crippen molar-refractivity contribution >= 4 is 11.8 Å². The van der Waals surface area contributed by atoms with Gasteiger partial charge >= 0.3 is 0 Å². The van der Waals surface area contributed by atoms with E-state index in [4.69, 9.17) is 4.52 Å². The summed E-state index contributed by atoms with van der Waals surface area (Å²) in [5, 5.41) is 7.12. The molecule has 2 amide bonds. The van der Waals surface area contributed by atoms with Gasteiger partial charge < -0.3 is 19.6 Å². The molecule has 2 saturated heterocycles. The molecule has 7 nitrogen and oxygen atoms in total. The van der Waals surface area contributed by atoms with Gasteiger partial charge in [-0.15, -0.1) is 0 Å². The maximum Gasteiger partial charge on any atom is 0.259 e. The van der Waals surface area contributed by atoms with E-state index in [2.05, 4.69) is 10.5 Å². The molecule has 1 aromatic rings. The number of amides is 2. The second-order valence-corrected chi connectivity index (χ2v) is 5.99. The van der Waals surface area contributed by atoms with Crippen LogP contribution in [0.25, 0.3) is 0 Å². The average molecular weight is 306 g/mol. The molecule has 0 radical (unpaired) electrons. The van der Waals surface area contributed by atoms with E-state index in [1.54, 1.807) is 18.7 Å². The molecule has 2 aliphatic heterocycles. The maximum absolute atomic E-state index is 12.6. The largest absolute Gasteiger partial charge is 0.361 e. The summed E-state index contributed by atoms with van der Waals surface area (Å²) in [7, 11) is 0. The lowest BCUT2D eigenvalue weighted by atomic mass is 10.0. The number of carbonyl (C=O) groups is 2. The number of nitrogens with one attached hydrogen (secondary N) is 1. The zero-order chi connectivity index (χ0) is 15.7. The molecule has 0 bridgehead atoms. The minimum absolute atomic E-state index is 0.0401. The highest BCUT2D eigenvalue weighted by molar-refractivity contribution is 5.98. The highest BCUT2D eigenvalue weighted by Crippen LogP contribution is 2.19. The molecule has 0 aromatic carbocycles. The quantitative estimate of drug-likeness (QED) is 0.852. The number of aromatic nitrogens is 1. The maximum atomic E-state index is 12.6. The van der Waals surface area contributed by atoms with Crippen LogP contribution in [0.15, 0.2) is 4.52 Å². The monoisotopic (exact) mass is 306 g/mol. The first-order valence-corrected chi connectivity index (χ1v) is 7.80. The Hall–Kier alpha value is -1.89. The van der Waals surface area contributed by atoms with E-state index in [9.17, 15) is 9.59 Å². The third-order valence-electron chi connectivity index (χ3n) is 4.54. The van der Waals surface area contributed by atoms with Crippen LogP contribution in [-0.4, -0.2) is 65.5 Å². The van der Waals surface area contributed by atoms with Gasteiger partial charge in [0.15, 0.2) is 0 Å². The number of hydrogen-bond acceptors (Lipinski definition) is 5. The topological polar surface area (TPSA) is 78.7 Å². The molecule has 0 spiro atoms. The Morgan fingerprint density at radius 3 is 2.59 bits per heavy atom. The average Bonchev–Trinajstić information content (AvgIpc) is 2.86. The summed E-state index contributed by atoms with van der Waals surface area (Å²) in [6.07, 6.45) is 1.98. The fourth-order valence-corrected chi connectivity index (χ4v) is 3.31. The molecule has 0 saturated carbocycles. The zero-order valence-corrected chi connectivity index (χ0v) is 13.1. The van der Waals surface area contributed by atoms with E-state index in [0.717, 1.165) is 25.9 Å². The van der Waals surface area contributed by atoms with Crippen LogP contribution in [0.2, 0.25) is 0 Å². The van der Waals surface area contributed by atoms with Crippen LogP contribution in [-0.2, 0) is 4.79 Å². The predicted octanol–water partition coefficient (Wildman–Crippen LogP) is 0.328. The predicted molar refractivity (Wildman–Crippen MR) is 79.5 cm³/mol. The molecular formula is C15H22N4O3. The number of aryl methyl sites for hydroxylation is 2. The van der Waals surface area contributed by atoms with Gasteiger partial charge in [-0.3, -0.25) is 9.59 Å². The van der Waals surface area contributed by atoms with Gasteiger partial charge in [-0.2, -0.15) is 0 Å². The molecule has 0 aliphatic carbocycles. The number of nitrogens with zero attached hydrogens (tertiary/aromatic N) is 3. The molecule has 1 aromatic heterocycles. The SMILES string of the molecule is Cc1noc(C)c1C(=O)N1CCN(C2CCNCC2)C(=O)C1. The van der Waals surface area contributed by atoms with Crippen molar-refractivity contribution in [3.05, 3.63) is 17.0 Å². The van der Waals surface area contributed by atoms with Gasteiger partial charge in [0.05, 0.1) is 5.69 Å². The Morgan fingerprint density at radius 2 is 2.00 bits per heavy atom. The number of piperidine rings is 1. The van der Waals surface area contributed by atoms with Crippen LogP contribution in [0, 0.1) is 13.8 Å². The zero-order valence-electron chi connectivity index (χ0n) is 13.1. The van der Waals surface area contributed by atoms with Crippen molar-refractivity contribution in [2.24, 2.45) is 0 Å². The second-order valence-electron chi connectivity index (χ2n) is 5.99. The molecule has 1 N–H and O–H groups in total. The first kappa shape index (κ1) is 15.0. The van der Waals surface area contributed by atoms with Gasteiger partial charge in [-0.05, 0) is 39.8 Å². The first-order valence-electron chi connectivity index (χ1n) is 7.80. The number of hydrogen-bond donors (Lipinski definition) is 1. The Morgan fingerprint density at radius 1 is 1.27 bits per heavy atom. The summed E-state index contributed by atoms with van der Waals surface area (Å²) >= 11 is 0. The standard InChI is InChI=1S/C15H22N4O3/c1-10-14(11(2)22-17-10)15(21)18-7-8-19(13(20)9-18)12-3-5-16-6-4-12/h12,16H,3-9H2,1-2H3. The lowest BCUT2D eigenvalue weighted by Crippen LogP contribution is -2.57. The van der Waals surface area contributed by atoms with Gasteiger partial charge in [0.25, 0.3) is 5.91 Å². The van der Waals surface area contributed by atoms with Gasteiger partial charge in [0.1, 0.15) is 17.9 Å². The van der Waals surface area contributed by atoms with Gasteiger partial charge in [-0.25, -0.2) is 0 Å². The molecule has 3 heterocycles. The lowest BCUT2D eigenvalue weighted by Gasteiger charge is -2.40. The number of rotatable bonds is 2. The van der Waals surface area contributed by atoms with E-state index >= 15 is 0 Å². The third kappa shape index (κ3) is 2.72. The summed E-state index contributed by atoms with van der Waals surface area (Å²) in [5.74, 6) is 0.392. The van der Waals surface area contributed by atoms with Crippen molar-refractivity contribution in [3.8, 4) is 0 Å². The van der Waals surface area contributed by atoms with E-state index < -0.39 is 0 Å². The lowest BCUT2D eigenvalue weighted by molar-refractivity contribution is -0.138. The minimum atomic E-state index is -0.158. The minimum Gasteiger partial charge on any atom is -0.361 e. The number of carbonyl (C=O) groups excluding carboxylic acids is 2. The van der Waals surface area contributed by atoms with Crippen molar-refractivity contribution in [3.63, 3.8) is 0 Å². The highest BCUT2D eigenvalue weighted by Gasteiger charge is 2.34. The Labute approximate surface area is 129 Å². The Kier molecular flexibility index (Phi) is 4.15. The highest BCUT2D eigenvalue weighted by atomic mass is 16.5. The molecule has 22 heavy (non-hydrogen) atoms. The van der Waals surface area contributed by atoms with Crippen LogP contribution >= 0.6 is 0 Å². The molecular weight excluding hydrogens is 284 g/mol. The normalized spacial score (nSPS) is 20.5. The van der Waals surface area contributed by atoms with Crippen molar-refractivity contribution in [1.82, 2.24) is 20.3 Å². The summed E-state index contributed by atoms with van der Waals surface area (Å²) in [6, 6.07) is 0.310. The molecule has 120 valence electrons. The fraction of sp³-hybridized carbons (Fsp3) is 0.667. The summed E-state index contributed by atoms with van der Waals surface area (Å²) in [5.41, 5.74) is 1.07. The molecule has 2 aliphatic rings. The summed E-state index contributed by atoms with van der Waals surface area (Å²) in [4.78, 5) is 28.5. The van der Waals surface area contributed by atoms with E-state index in [0.29, 0.717) is 36.1 Å². The van der Waals surface area contributed by atoms with Crippen molar-refractivity contribution in [2.75, 3.05) is 32.7 Å². The van der Waals surface area contributed by atoms with Crippen LogP contribution in [0.5, 0.6) is 0 Å². The van der Waals surface area contributed by atoms with Crippen LogP contribution in [0.3, 0.4) is 0 Å². The van der Waals surface area contributed by atoms with Crippen LogP contribution in [0.1, 0.15) is 34.7 Å². The van der Waals surface area contributed by atoms with Gasteiger partial charge in [0, 0.05) is 19.1 Å². The Balaban J connectivity index is 1.67. The fourth-order valence-electron chi connectivity index (χ4n) is 3.31. The molecule has 2 fully saturated rings. The van der Waals surface area contributed by atoms with Crippen LogP contribution in [0.4, 0.5) is 0 Å². The Bertz CT molecular complexity index is 558. The summed E-state index contributed by atoms with van der Waals surface area (Å²) in [6.45, 7) is 6.70. The molecule has 0 atom stereocenters. The molecule has 0 unspecified atom stereocenters. The third-order valence-corrected chi connectivity index (χ3v) is 4.54. The second kappa shape index (κ2) is 6.08. The number of piperazine rings is 1. The smallest absolute Gasteiger partial charge is 0.259 e.